The number of ketones is 1. The minimum atomic E-state index is -1.16. The molecule has 1 heterocycles. The molecule has 1 aromatic heterocycles. The molecule has 1 aromatic rings. The lowest BCUT2D eigenvalue weighted by Crippen LogP contribution is -2.12. The number of rotatable bonds is 7. The molecule has 0 aliphatic carbocycles. The minimum Gasteiger partial charge on any atom is -0.476 e. The quantitative estimate of drug-likeness (QED) is 0.745. The van der Waals surface area contributed by atoms with Crippen LogP contribution in [0.15, 0.2) is 0 Å². The van der Waals surface area contributed by atoms with Gasteiger partial charge in [-0.05, 0) is 5.92 Å². The first-order chi connectivity index (χ1) is 8.49. The van der Waals surface area contributed by atoms with Gasteiger partial charge in [-0.3, -0.25) is 4.79 Å². The Kier molecular flexibility index (Phi) is 5.27. The summed E-state index contributed by atoms with van der Waals surface area (Å²) in [5.41, 5.74) is -0.153. The van der Waals surface area contributed by atoms with Gasteiger partial charge in [0, 0.05) is 13.5 Å². The van der Waals surface area contributed by atoms with Gasteiger partial charge in [0.15, 0.2) is 16.6 Å². The number of nitrogens with zero attached hydrogens (tertiary/aromatic N) is 1. The zero-order valence-electron chi connectivity index (χ0n) is 10.8. The van der Waals surface area contributed by atoms with E-state index in [4.69, 9.17) is 5.11 Å². The number of carbonyl (C=O) groups is 2. The maximum atomic E-state index is 11.3. The lowest BCUT2D eigenvalue weighted by molar-refractivity contribution is 0.0687. The summed E-state index contributed by atoms with van der Waals surface area (Å²) in [5, 5.41) is 12.6. The Morgan fingerprint density at radius 3 is 2.39 bits per heavy atom. The topological polar surface area (TPSA) is 79.3 Å². The normalized spacial score (nSPS) is 10.7. The zero-order valence-corrected chi connectivity index (χ0v) is 11.6. The van der Waals surface area contributed by atoms with Gasteiger partial charge in [-0.25, -0.2) is 9.78 Å². The number of hydrogen-bond acceptors (Lipinski definition) is 5. The fourth-order valence-electron chi connectivity index (χ4n) is 1.59. The van der Waals surface area contributed by atoms with Crippen LogP contribution in [0.5, 0.6) is 0 Å². The summed E-state index contributed by atoms with van der Waals surface area (Å²) in [5.74, 6) is -0.893. The van der Waals surface area contributed by atoms with Crippen LogP contribution in [-0.4, -0.2) is 28.4 Å². The number of hydrogen-bond donors (Lipinski definition) is 2. The van der Waals surface area contributed by atoms with Gasteiger partial charge in [0.1, 0.15) is 4.88 Å². The number of aromatic nitrogens is 1. The number of Topliss-reactive ketones (excluding diaryl/α,β-unsaturated/α-hetero) is 1. The van der Waals surface area contributed by atoms with Crippen molar-refractivity contribution in [3.8, 4) is 0 Å². The summed E-state index contributed by atoms with van der Waals surface area (Å²) in [6.07, 6.45) is 2.11. The molecule has 0 radical (unpaired) electrons. The van der Waals surface area contributed by atoms with Crippen LogP contribution in [0.1, 0.15) is 53.8 Å². The van der Waals surface area contributed by atoms with Crippen LogP contribution in [0.4, 0.5) is 5.13 Å². The minimum absolute atomic E-state index is 0.153. The van der Waals surface area contributed by atoms with Crippen molar-refractivity contribution in [2.75, 3.05) is 11.9 Å². The van der Waals surface area contributed by atoms with Crippen molar-refractivity contribution in [2.45, 2.75) is 33.6 Å². The second kappa shape index (κ2) is 6.49. The summed E-state index contributed by atoms with van der Waals surface area (Å²) in [4.78, 5) is 26.4. The van der Waals surface area contributed by atoms with Crippen LogP contribution in [0.25, 0.3) is 0 Å². The molecule has 0 bridgehead atoms. The van der Waals surface area contributed by atoms with Crippen LogP contribution in [0, 0.1) is 5.92 Å². The van der Waals surface area contributed by atoms with Gasteiger partial charge >= 0.3 is 5.97 Å². The highest BCUT2D eigenvalue weighted by Gasteiger charge is 2.20. The first kappa shape index (κ1) is 14.6. The molecule has 0 aromatic carbocycles. The van der Waals surface area contributed by atoms with E-state index < -0.39 is 5.97 Å². The monoisotopic (exact) mass is 270 g/mol. The van der Waals surface area contributed by atoms with E-state index in [-0.39, 0.29) is 16.4 Å². The molecule has 100 valence electrons. The van der Waals surface area contributed by atoms with E-state index in [1.165, 1.54) is 6.92 Å². The molecule has 5 nitrogen and oxygen atoms in total. The fraction of sp³-hybridized carbons (Fsp3) is 0.583. The van der Waals surface area contributed by atoms with Gasteiger partial charge in [-0.1, -0.05) is 38.0 Å². The van der Waals surface area contributed by atoms with E-state index in [9.17, 15) is 9.59 Å². The van der Waals surface area contributed by atoms with Crippen molar-refractivity contribution in [1.82, 2.24) is 4.98 Å². The Labute approximate surface area is 110 Å². The molecule has 1 rings (SSSR count). The highest BCUT2D eigenvalue weighted by Crippen LogP contribution is 2.24. The standard InChI is InChI=1S/C12H18N2O3S/c1-4-8(5-2)6-13-12-14-9(11(16)17)10(18-12)7(3)15/h8H,4-6H2,1-3H3,(H,13,14)(H,16,17). The van der Waals surface area contributed by atoms with Crippen molar-refractivity contribution in [1.29, 1.82) is 0 Å². The fourth-order valence-corrected chi connectivity index (χ4v) is 2.45. The molecule has 0 atom stereocenters. The number of carbonyl (C=O) groups excluding carboxylic acids is 1. The maximum Gasteiger partial charge on any atom is 0.356 e. The Balaban J connectivity index is 2.82. The zero-order chi connectivity index (χ0) is 13.7. The first-order valence-corrected chi connectivity index (χ1v) is 6.80. The number of carboxylic acids is 1. The van der Waals surface area contributed by atoms with Crippen LogP contribution >= 0.6 is 11.3 Å². The molecule has 0 amide bonds. The number of carboxylic acid groups (broad SMARTS) is 1. The maximum absolute atomic E-state index is 11.3. The molecule has 0 aliphatic rings. The van der Waals surface area contributed by atoms with E-state index in [0.29, 0.717) is 11.0 Å². The van der Waals surface area contributed by atoms with E-state index in [1.807, 2.05) is 0 Å². The number of anilines is 1. The predicted octanol–water partition coefficient (Wildman–Crippen LogP) is 2.89. The van der Waals surface area contributed by atoms with Crippen molar-refractivity contribution >= 4 is 28.2 Å². The summed E-state index contributed by atoms with van der Waals surface area (Å²) in [6.45, 7) is 6.32. The van der Waals surface area contributed by atoms with E-state index in [1.54, 1.807) is 0 Å². The Hall–Kier alpha value is -1.43. The molecule has 18 heavy (non-hydrogen) atoms. The molecule has 0 aliphatic heterocycles. The van der Waals surface area contributed by atoms with Crippen molar-refractivity contribution < 1.29 is 14.7 Å². The molecule has 0 saturated heterocycles. The van der Waals surface area contributed by atoms with Gasteiger partial charge < -0.3 is 10.4 Å². The smallest absolute Gasteiger partial charge is 0.356 e. The Bertz CT molecular complexity index is 407. The molecule has 0 saturated carbocycles. The molecule has 0 unspecified atom stereocenters. The van der Waals surface area contributed by atoms with Crippen LogP contribution in [-0.2, 0) is 0 Å². The van der Waals surface area contributed by atoms with Gasteiger partial charge in [-0.2, -0.15) is 0 Å². The molecule has 6 heteroatoms. The van der Waals surface area contributed by atoms with E-state index in [2.05, 4.69) is 24.1 Å². The lowest BCUT2D eigenvalue weighted by atomic mass is 10.0. The number of aromatic carboxylic acids is 1. The highest BCUT2D eigenvalue weighted by atomic mass is 32.1. The first-order valence-electron chi connectivity index (χ1n) is 5.98. The van der Waals surface area contributed by atoms with Gasteiger partial charge in [0.2, 0.25) is 0 Å². The van der Waals surface area contributed by atoms with E-state index >= 15 is 0 Å². The second-order valence-electron chi connectivity index (χ2n) is 4.12. The van der Waals surface area contributed by atoms with E-state index in [0.717, 1.165) is 30.7 Å². The number of nitrogens with one attached hydrogen (secondary N) is 1. The third-order valence-electron chi connectivity index (χ3n) is 2.85. The average molecular weight is 270 g/mol. The molecular weight excluding hydrogens is 252 g/mol. The summed E-state index contributed by atoms with van der Waals surface area (Å²) in [7, 11) is 0. The Morgan fingerprint density at radius 2 is 2.00 bits per heavy atom. The highest BCUT2D eigenvalue weighted by molar-refractivity contribution is 7.17. The van der Waals surface area contributed by atoms with Gasteiger partial charge in [0.25, 0.3) is 0 Å². The largest absolute Gasteiger partial charge is 0.476 e. The van der Waals surface area contributed by atoms with Gasteiger partial charge in [-0.15, -0.1) is 0 Å². The van der Waals surface area contributed by atoms with Gasteiger partial charge in [0.05, 0.1) is 0 Å². The molecular formula is C12H18N2O3S. The predicted molar refractivity (Wildman–Crippen MR) is 71.6 cm³/mol. The third-order valence-corrected chi connectivity index (χ3v) is 3.96. The molecule has 0 spiro atoms. The SMILES string of the molecule is CCC(CC)CNc1nc(C(=O)O)c(C(C)=O)s1. The molecule has 2 N–H and O–H groups in total. The van der Waals surface area contributed by atoms with Crippen LogP contribution in [0.2, 0.25) is 0 Å². The van der Waals surface area contributed by atoms with Crippen LogP contribution in [0.3, 0.4) is 0 Å². The Morgan fingerprint density at radius 1 is 1.39 bits per heavy atom. The summed E-state index contributed by atoms with van der Waals surface area (Å²) >= 11 is 1.11. The lowest BCUT2D eigenvalue weighted by Gasteiger charge is -2.11. The number of thiazole rings is 1. The van der Waals surface area contributed by atoms with Crippen molar-refractivity contribution in [3.05, 3.63) is 10.6 Å². The van der Waals surface area contributed by atoms with Crippen molar-refractivity contribution in [2.24, 2.45) is 5.92 Å². The second-order valence-corrected chi connectivity index (χ2v) is 5.12. The third kappa shape index (κ3) is 3.53. The summed E-state index contributed by atoms with van der Waals surface area (Å²) in [6, 6.07) is 0. The molecule has 0 fully saturated rings. The van der Waals surface area contributed by atoms with Crippen molar-refractivity contribution in [3.63, 3.8) is 0 Å². The van der Waals surface area contributed by atoms with Crippen LogP contribution < -0.4 is 5.32 Å². The summed E-state index contributed by atoms with van der Waals surface area (Å²) < 4.78 is 0. The average Bonchev–Trinajstić information content (AvgIpc) is 2.75.